The van der Waals surface area contributed by atoms with Gasteiger partial charge in [0.25, 0.3) is 0 Å². The molecular formula is C18H28FNO. The normalized spacial score (nSPS) is 24.2. The smallest absolute Gasteiger partial charge is 0.123 e. The van der Waals surface area contributed by atoms with Gasteiger partial charge in [-0.3, -0.25) is 0 Å². The first-order valence-corrected chi connectivity index (χ1v) is 8.20. The standard InChI is InChI=1S/C18H28FNO/c1-13(2)20-12-18(15-8-10-16(19)11-9-15)21-17-7-5-4-6-14(17)3/h8-11,13-14,17-18,20H,4-7,12H2,1-3H3. The first-order chi connectivity index (χ1) is 10.1. The Morgan fingerprint density at radius 1 is 1.19 bits per heavy atom. The predicted octanol–water partition coefficient (Wildman–Crippen LogP) is 4.46. The molecule has 0 amide bonds. The third-order valence-corrected chi connectivity index (χ3v) is 4.33. The van der Waals surface area contributed by atoms with Gasteiger partial charge in [0.15, 0.2) is 0 Å². The van der Waals surface area contributed by atoms with Crippen molar-refractivity contribution >= 4 is 0 Å². The highest BCUT2D eigenvalue weighted by molar-refractivity contribution is 5.19. The number of benzene rings is 1. The summed E-state index contributed by atoms with van der Waals surface area (Å²) in [5.74, 6) is 0.418. The zero-order valence-corrected chi connectivity index (χ0v) is 13.4. The molecule has 1 N–H and O–H groups in total. The molecule has 0 bridgehead atoms. The summed E-state index contributed by atoms with van der Waals surface area (Å²) in [6.07, 6.45) is 5.27. The lowest BCUT2D eigenvalue weighted by Gasteiger charge is -2.33. The molecule has 1 aromatic carbocycles. The minimum Gasteiger partial charge on any atom is -0.369 e. The van der Waals surface area contributed by atoms with Crippen LogP contribution in [0.4, 0.5) is 4.39 Å². The summed E-state index contributed by atoms with van der Waals surface area (Å²) >= 11 is 0. The van der Waals surface area contributed by atoms with Gasteiger partial charge in [-0.2, -0.15) is 0 Å². The van der Waals surface area contributed by atoms with Crippen molar-refractivity contribution in [3.8, 4) is 0 Å². The topological polar surface area (TPSA) is 21.3 Å². The minimum absolute atomic E-state index is 0.00134. The molecule has 0 heterocycles. The van der Waals surface area contributed by atoms with Crippen LogP contribution in [0.2, 0.25) is 0 Å². The molecule has 21 heavy (non-hydrogen) atoms. The van der Waals surface area contributed by atoms with Crippen LogP contribution in [-0.4, -0.2) is 18.7 Å². The molecule has 0 aromatic heterocycles. The molecular weight excluding hydrogens is 265 g/mol. The van der Waals surface area contributed by atoms with E-state index in [0.29, 0.717) is 18.1 Å². The van der Waals surface area contributed by atoms with Gasteiger partial charge in [-0.25, -0.2) is 4.39 Å². The van der Waals surface area contributed by atoms with Crippen molar-refractivity contribution in [2.75, 3.05) is 6.54 Å². The van der Waals surface area contributed by atoms with Gasteiger partial charge in [-0.15, -0.1) is 0 Å². The Balaban J connectivity index is 2.05. The summed E-state index contributed by atoms with van der Waals surface area (Å²) in [5, 5.41) is 3.44. The maximum Gasteiger partial charge on any atom is 0.123 e. The monoisotopic (exact) mass is 293 g/mol. The Kier molecular flexibility index (Phi) is 6.19. The van der Waals surface area contributed by atoms with Crippen LogP contribution in [-0.2, 0) is 4.74 Å². The van der Waals surface area contributed by atoms with Gasteiger partial charge < -0.3 is 10.1 Å². The van der Waals surface area contributed by atoms with Crippen molar-refractivity contribution in [2.24, 2.45) is 5.92 Å². The number of nitrogens with one attached hydrogen (secondary N) is 1. The Bertz CT molecular complexity index is 418. The van der Waals surface area contributed by atoms with Crippen molar-refractivity contribution in [1.82, 2.24) is 5.32 Å². The first kappa shape index (κ1) is 16.4. The molecule has 0 spiro atoms. The van der Waals surface area contributed by atoms with Gasteiger partial charge >= 0.3 is 0 Å². The van der Waals surface area contributed by atoms with E-state index in [1.807, 2.05) is 12.1 Å². The molecule has 0 aliphatic heterocycles. The molecule has 1 aliphatic carbocycles. The lowest BCUT2D eigenvalue weighted by Crippen LogP contribution is -2.34. The summed E-state index contributed by atoms with van der Waals surface area (Å²) in [4.78, 5) is 0. The van der Waals surface area contributed by atoms with Gasteiger partial charge in [0, 0.05) is 12.6 Å². The van der Waals surface area contributed by atoms with Crippen molar-refractivity contribution in [3.05, 3.63) is 35.6 Å². The zero-order valence-electron chi connectivity index (χ0n) is 13.4. The molecule has 3 unspecified atom stereocenters. The number of halogens is 1. The van der Waals surface area contributed by atoms with Crippen LogP contribution in [0.1, 0.15) is 58.1 Å². The minimum atomic E-state index is -0.194. The largest absolute Gasteiger partial charge is 0.369 e. The Morgan fingerprint density at radius 2 is 1.86 bits per heavy atom. The van der Waals surface area contributed by atoms with Crippen LogP contribution in [0.5, 0.6) is 0 Å². The number of hydrogen-bond donors (Lipinski definition) is 1. The van der Waals surface area contributed by atoms with Crippen LogP contribution >= 0.6 is 0 Å². The summed E-state index contributed by atoms with van der Waals surface area (Å²) in [7, 11) is 0. The highest BCUT2D eigenvalue weighted by Crippen LogP contribution is 2.30. The zero-order chi connectivity index (χ0) is 15.2. The fourth-order valence-corrected chi connectivity index (χ4v) is 2.96. The van der Waals surface area contributed by atoms with E-state index in [-0.39, 0.29) is 11.9 Å². The summed E-state index contributed by atoms with van der Waals surface area (Å²) < 4.78 is 19.5. The van der Waals surface area contributed by atoms with Crippen molar-refractivity contribution in [1.29, 1.82) is 0 Å². The molecule has 1 aromatic rings. The van der Waals surface area contributed by atoms with Gasteiger partial charge in [-0.05, 0) is 36.5 Å². The van der Waals surface area contributed by atoms with Crippen LogP contribution in [0, 0.1) is 11.7 Å². The lowest BCUT2D eigenvalue weighted by atomic mass is 9.87. The van der Waals surface area contributed by atoms with Crippen LogP contribution in [0.25, 0.3) is 0 Å². The van der Waals surface area contributed by atoms with Crippen LogP contribution in [0.15, 0.2) is 24.3 Å². The van der Waals surface area contributed by atoms with E-state index in [0.717, 1.165) is 18.5 Å². The average Bonchev–Trinajstić information content (AvgIpc) is 2.46. The maximum absolute atomic E-state index is 13.1. The van der Waals surface area contributed by atoms with Gasteiger partial charge in [0.1, 0.15) is 5.82 Å². The number of rotatable bonds is 6. The quantitative estimate of drug-likeness (QED) is 0.836. The van der Waals surface area contributed by atoms with E-state index in [4.69, 9.17) is 4.74 Å². The van der Waals surface area contributed by atoms with E-state index in [1.54, 1.807) is 0 Å². The molecule has 0 radical (unpaired) electrons. The molecule has 2 nitrogen and oxygen atoms in total. The molecule has 1 fully saturated rings. The van der Waals surface area contributed by atoms with E-state index in [1.165, 1.54) is 31.4 Å². The van der Waals surface area contributed by atoms with Gasteiger partial charge in [0.2, 0.25) is 0 Å². The highest BCUT2D eigenvalue weighted by atomic mass is 19.1. The SMILES string of the molecule is CC(C)NCC(OC1CCCCC1C)c1ccc(F)cc1. The Morgan fingerprint density at radius 3 is 2.48 bits per heavy atom. The Hall–Kier alpha value is -0.930. The number of ether oxygens (including phenoxy) is 1. The average molecular weight is 293 g/mol. The second-order valence-electron chi connectivity index (χ2n) is 6.54. The fraction of sp³-hybridized carbons (Fsp3) is 0.667. The lowest BCUT2D eigenvalue weighted by molar-refractivity contribution is -0.0569. The molecule has 118 valence electrons. The maximum atomic E-state index is 13.1. The number of hydrogen-bond acceptors (Lipinski definition) is 2. The summed E-state index contributed by atoms with van der Waals surface area (Å²) in [5.41, 5.74) is 1.06. The van der Waals surface area contributed by atoms with Crippen molar-refractivity contribution < 1.29 is 9.13 Å². The van der Waals surface area contributed by atoms with E-state index < -0.39 is 0 Å². The molecule has 2 rings (SSSR count). The second-order valence-corrected chi connectivity index (χ2v) is 6.54. The van der Waals surface area contributed by atoms with Crippen molar-refractivity contribution in [3.63, 3.8) is 0 Å². The molecule has 3 heteroatoms. The third-order valence-electron chi connectivity index (χ3n) is 4.33. The molecule has 3 atom stereocenters. The first-order valence-electron chi connectivity index (χ1n) is 8.20. The van der Waals surface area contributed by atoms with Gasteiger partial charge in [-0.1, -0.05) is 45.7 Å². The fourth-order valence-electron chi connectivity index (χ4n) is 2.96. The molecule has 1 aliphatic rings. The summed E-state index contributed by atoms with van der Waals surface area (Å²) in [6.45, 7) is 7.31. The Labute approximate surface area is 128 Å². The van der Waals surface area contributed by atoms with Crippen LogP contribution < -0.4 is 5.32 Å². The van der Waals surface area contributed by atoms with Crippen LogP contribution in [0.3, 0.4) is 0 Å². The highest BCUT2D eigenvalue weighted by Gasteiger charge is 2.26. The second kappa shape index (κ2) is 7.90. The van der Waals surface area contributed by atoms with E-state index in [9.17, 15) is 4.39 Å². The summed E-state index contributed by atoms with van der Waals surface area (Å²) in [6, 6.07) is 7.14. The molecule has 0 saturated heterocycles. The predicted molar refractivity (Wildman–Crippen MR) is 84.8 cm³/mol. The third kappa shape index (κ3) is 5.08. The van der Waals surface area contributed by atoms with E-state index in [2.05, 4.69) is 26.1 Å². The van der Waals surface area contributed by atoms with E-state index >= 15 is 0 Å². The van der Waals surface area contributed by atoms with Gasteiger partial charge in [0.05, 0.1) is 12.2 Å². The van der Waals surface area contributed by atoms with Crippen molar-refractivity contribution in [2.45, 2.75) is 64.7 Å². The molecule has 1 saturated carbocycles.